The van der Waals surface area contributed by atoms with Crippen LogP contribution in [0.15, 0.2) is 29.3 Å². The Morgan fingerprint density at radius 3 is 2.86 bits per heavy atom. The Bertz CT molecular complexity index is 1250. The Labute approximate surface area is 166 Å². The monoisotopic (exact) mass is 394 g/mol. The zero-order chi connectivity index (χ0) is 19.4. The highest BCUT2D eigenvalue weighted by Gasteiger charge is 2.22. The minimum atomic E-state index is -0.0640. The number of rotatable bonds is 2. The molecule has 7 nitrogen and oxygen atoms in total. The summed E-state index contributed by atoms with van der Waals surface area (Å²) in [6.07, 6.45) is 6.05. The van der Waals surface area contributed by atoms with Gasteiger partial charge >= 0.3 is 0 Å². The molecule has 0 amide bonds. The summed E-state index contributed by atoms with van der Waals surface area (Å²) in [5.74, 6) is 0.483. The average Bonchev–Trinajstić information content (AvgIpc) is 3.25. The fraction of sp³-hybridized carbons (Fsp3) is 0.400. The van der Waals surface area contributed by atoms with Crippen molar-refractivity contribution in [1.82, 2.24) is 29.3 Å². The van der Waals surface area contributed by atoms with Gasteiger partial charge in [-0.25, -0.2) is 14.5 Å². The van der Waals surface area contributed by atoms with E-state index in [1.165, 1.54) is 4.88 Å². The van der Waals surface area contributed by atoms with Gasteiger partial charge < -0.3 is 5.32 Å². The molecule has 0 bridgehead atoms. The smallest absolute Gasteiger partial charge is 0.259 e. The second kappa shape index (κ2) is 6.49. The van der Waals surface area contributed by atoms with Gasteiger partial charge in [0.05, 0.1) is 17.6 Å². The van der Waals surface area contributed by atoms with Gasteiger partial charge in [0.25, 0.3) is 5.56 Å². The molecule has 5 heterocycles. The van der Waals surface area contributed by atoms with E-state index in [9.17, 15) is 4.79 Å². The highest BCUT2D eigenvalue weighted by atomic mass is 32.1. The van der Waals surface area contributed by atoms with Crippen LogP contribution < -0.4 is 10.9 Å². The molecule has 5 rings (SSSR count). The molecule has 1 aliphatic rings. The van der Waals surface area contributed by atoms with E-state index in [2.05, 4.69) is 22.3 Å². The first-order valence-corrected chi connectivity index (χ1v) is 10.4. The molecular weight excluding hydrogens is 372 g/mol. The number of fused-ring (bicyclic) bond motifs is 2. The molecular formula is C20H22N6OS. The van der Waals surface area contributed by atoms with Gasteiger partial charge in [-0.2, -0.15) is 5.10 Å². The number of nitrogens with zero attached hydrogens (tertiary/aromatic N) is 5. The molecule has 1 fully saturated rings. The zero-order valence-electron chi connectivity index (χ0n) is 16.1. The standard InChI is InChI=1S/C20H22N6OS/c1-11-6-16(24-26-9-13(3)22-19(11)26)15-8-18(27)25-10-17(28-20(25)23-15)14-4-5-21-12(2)7-14/h6,8-10,12,14,21H,4-5,7H2,1-3H3. The van der Waals surface area contributed by atoms with Crippen molar-refractivity contribution in [3.63, 3.8) is 0 Å². The van der Waals surface area contributed by atoms with Crippen LogP contribution >= 0.6 is 11.3 Å². The Kier molecular flexibility index (Phi) is 4.06. The third-order valence-corrected chi connectivity index (χ3v) is 6.55. The molecule has 1 saturated heterocycles. The van der Waals surface area contributed by atoms with E-state index in [-0.39, 0.29) is 5.56 Å². The number of imidazole rings is 1. The maximum atomic E-state index is 12.8. The van der Waals surface area contributed by atoms with Gasteiger partial charge in [-0.1, -0.05) is 0 Å². The molecule has 2 atom stereocenters. The molecule has 0 aliphatic carbocycles. The lowest BCUT2D eigenvalue weighted by atomic mass is 9.92. The maximum Gasteiger partial charge on any atom is 0.259 e. The van der Waals surface area contributed by atoms with Crippen LogP contribution in [0.4, 0.5) is 0 Å². The van der Waals surface area contributed by atoms with Gasteiger partial charge in [0, 0.05) is 23.2 Å². The average molecular weight is 395 g/mol. The number of aromatic nitrogens is 5. The van der Waals surface area contributed by atoms with Crippen molar-refractivity contribution in [3.05, 3.63) is 51.0 Å². The van der Waals surface area contributed by atoms with Crippen LogP contribution in [0.1, 0.15) is 41.8 Å². The van der Waals surface area contributed by atoms with E-state index in [0.29, 0.717) is 23.3 Å². The van der Waals surface area contributed by atoms with Gasteiger partial charge in [0.1, 0.15) is 5.69 Å². The molecule has 1 N–H and O–H groups in total. The summed E-state index contributed by atoms with van der Waals surface area (Å²) >= 11 is 1.62. The van der Waals surface area contributed by atoms with Crippen molar-refractivity contribution in [3.8, 4) is 11.4 Å². The predicted octanol–water partition coefficient (Wildman–Crippen LogP) is 2.94. The lowest BCUT2D eigenvalue weighted by Crippen LogP contribution is -2.34. The van der Waals surface area contributed by atoms with Gasteiger partial charge in [-0.15, -0.1) is 11.3 Å². The first-order chi connectivity index (χ1) is 13.5. The fourth-order valence-electron chi connectivity index (χ4n) is 4.00. The summed E-state index contributed by atoms with van der Waals surface area (Å²) in [5.41, 5.74) is 3.98. The second-order valence-corrected chi connectivity index (χ2v) is 8.75. The van der Waals surface area contributed by atoms with Crippen molar-refractivity contribution in [2.24, 2.45) is 0 Å². The number of hydrogen-bond acceptors (Lipinski definition) is 6. The molecule has 4 aromatic rings. The van der Waals surface area contributed by atoms with Crippen LogP contribution in [0.5, 0.6) is 0 Å². The van der Waals surface area contributed by atoms with Gasteiger partial charge in [0.15, 0.2) is 10.6 Å². The number of piperidine rings is 1. The summed E-state index contributed by atoms with van der Waals surface area (Å²) in [7, 11) is 0. The molecule has 0 aromatic carbocycles. The van der Waals surface area contributed by atoms with Crippen molar-refractivity contribution in [2.75, 3.05) is 6.54 Å². The lowest BCUT2D eigenvalue weighted by molar-refractivity contribution is 0.384. The third-order valence-electron chi connectivity index (χ3n) is 5.40. The largest absolute Gasteiger partial charge is 0.314 e. The number of thiazole rings is 1. The predicted molar refractivity (Wildman–Crippen MR) is 110 cm³/mol. The summed E-state index contributed by atoms with van der Waals surface area (Å²) in [5, 5.41) is 8.11. The molecule has 0 radical (unpaired) electrons. The van der Waals surface area contributed by atoms with E-state index >= 15 is 0 Å². The van der Waals surface area contributed by atoms with Crippen LogP contribution in [0, 0.1) is 13.8 Å². The Hall–Kier alpha value is -2.58. The topological polar surface area (TPSA) is 76.6 Å². The van der Waals surface area contributed by atoms with Crippen LogP contribution in [-0.2, 0) is 0 Å². The molecule has 28 heavy (non-hydrogen) atoms. The lowest BCUT2D eigenvalue weighted by Gasteiger charge is -2.26. The molecule has 0 spiro atoms. The van der Waals surface area contributed by atoms with Crippen molar-refractivity contribution in [2.45, 2.75) is 45.6 Å². The second-order valence-electron chi connectivity index (χ2n) is 7.71. The summed E-state index contributed by atoms with van der Waals surface area (Å²) in [6, 6.07) is 4.02. The minimum Gasteiger partial charge on any atom is -0.314 e. The van der Waals surface area contributed by atoms with Crippen molar-refractivity contribution < 1.29 is 0 Å². The van der Waals surface area contributed by atoms with E-state index in [4.69, 9.17) is 4.98 Å². The maximum absolute atomic E-state index is 12.8. The summed E-state index contributed by atoms with van der Waals surface area (Å²) in [6.45, 7) is 7.17. The quantitative estimate of drug-likeness (QED) is 0.566. The zero-order valence-corrected chi connectivity index (χ0v) is 17.0. The van der Waals surface area contributed by atoms with E-state index in [1.807, 2.05) is 32.3 Å². The van der Waals surface area contributed by atoms with E-state index < -0.39 is 0 Å². The van der Waals surface area contributed by atoms with Crippen LogP contribution in [-0.4, -0.2) is 36.6 Å². The molecule has 1 aliphatic heterocycles. The minimum absolute atomic E-state index is 0.0640. The Balaban J connectivity index is 1.60. The van der Waals surface area contributed by atoms with Crippen molar-refractivity contribution in [1.29, 1.82) is 0 Å². The highest BCUT2D eigenvalue weighted by Crippen LogP contribution is 2.32. The SMILES string of the molecule is Cc1cn2nc(-c3cc(=O)n4cc(C5CCNC(C)C5)sc4n3)cc(C)c2n1. The first kappa shape index (κ1) is 17.5. The van der Waals surface area contributed by atoms with Gasteiger partial charge in [-0.05, 0) is 57.7 Å². The fourth-order valence-corrected chi connectivity index (χ4v) is 5.13. The Morgan fingerprint density at radius 1 is 1.18 bits per heavy atom. The van der Waals surface area contributed by atoms with Gasteiger partial charge in [0.2, 0.25) is 0 Å². The summed E-state index contributed by atoms with van der Waals surface area (Å²) in [4.78, 5) is 24.0. The molecule has 144 valence electrons. The number of nitrogens with one attached hydrogen (secondary N) is 1. The molecule has 8 heteroatoms. The van der Waals surface area contributed by atoms with E-state index in [1.54, 1.807) is 26.3 Å². The number of aryl methyl sites for hydroxylation is 2. The molecule has 4 aromatic heterocycles. The molecule has 2 unspecified atom stereocenters. The van der Waals surface area contributed by atoms with E-state index in [0.717, 1.165) is 41.3 Å². The van der Waals surface area contributed by atoms with Crippen LogP contribution in [0.3, 0.4) is 0 Å². The molecule has 0 saturated carbocycles. The first-order valence-electron chi connectivity index (χ1n) is 9.58. The van der Waals surface area contributed by atoms with Crippen molar-refractivity contribution >= 4 is 21.9 Å². The van der Waals surface area contributed by atoms with Crippen LogP contribution in [0.25, 0.3) is 22.0 Å². The number of hydrogen-bond donors (Lipinski definition) is 1. The normalized spacial score (nSPS) is 20.2. The van der Waals surface area contributed by atoms with Crippen LogP contribution in [0.2, 0.25) is 0 Å². The summed E-state index contributed by atoms with van der Waals surface area (Å²) < 4.78 is 3.43. The third kappa shape index (κ3) is 2.93. The Morgan fingerprint density at radius 2 is 2.04 bits per heavy atom. The van der Waals surface area contributed by atoms with Gasteiger partial charge in [-0.3, -0.25) is 9.20 Å². The highest BCUT2D eigenvalue weighted by molar-refractivity contribution is 7.17.